The van der Waals surface area contributed by atoms with E-state index in [2.05, 4.69) is 35.3 Å². The van der Waals surface area contributed by atoms with Gasteiger partial charge in [0.2, 0.25) is 5.91 Å². The normalized spacial score (nSPS) is 15.1. The maximum absolute atomic E-state index is 12.6. The Labute approximate surface area is 173 Å². The number of piperazine rings is 1. The highest BCUT2D eigenvalue weighted by molar-refractivity contribution is 5.96. The van der Waals surface area contributed by atoms with Crippen LogP contribution in [-0.2, 0) is 17.5 Å². The number of nitrogens with one attached hydrogen (secondary N) is 1. The molecule has 2 aromatic rings. The van der Waals surface area contributed by atoms with Gasteiger partial charge in [-0.25, -0.2) is 0 Å². The van der Waals surface area contributed by atoms with Crippen molar-refractivity contribution in [3.05, 3.63) is 70.8 Å². The van der Waals surface area contributed by atoms with E-state index in [-0.39, 0.29) is 18.0 Å². The molecular weight excluding hydrogens is 395 g/mol. The maximum atomic E-state index is 12.6. The maximum Gasteiger partial charge on any atom is 0.416 e. The molecule has 0 saturated carbocycles. The summed E-state index contributed by atoms with van der Waals surface area (Å²) in [5.74, 6) is -0.777. The minimum absolute atomic E-state index is 0.0822. The first-order valence-corrected chi connectivity index (χ1v) is 9.73. The third kappa shape index (κ3) is 5.82. The minimum Gasteiger partial charge on any atom is -0.343 e. The van der Waals surface area contributed by atoms with Crippen LogP contribution >= 0.6 is 0 Å². The average Bonchev–Trinajstić information content (AvgIpc) is 2.72. The van der Waals surface area contributed by atoms with Crippen LogP contribution in [0.25, 0.3) is 0 Å². The monoisotopic (exact) mass is 419 g/mol. The average molecular weight is 419 g/mol. The lowest BCUT2D eigenvalue weighted by Gasteiger charge is -2.34. The Balaban J connectivity index is 1.44. The zero-order valence-electron chi connectivity index (χ0n) is 16.7. The van der Waals surface area contributed by atoms with Gasteiger partial charge in [-0.2, -0.15) is 13.2 Å². The van der Waals surface area contributed by atoms with Gasteiger partial charge in [-0.3, -0.25) is 14.5 Å². The van der Waals surface area contributed by atoms with Crippen molar-refractivity contribution in [2.24, 2.45) is 0 Å². The van der Waals surface area contributed by atoms with Crippen molar-refractivity contribution in [1.29, 1.82) is 0 Å². The molecule has 30 heavy (non-hydrogen) atoms. The highest BCUT2D eigenvalue weighted by Crippen LogP contribution is 2.29. The minimum atomic E-state index is -4.45. The molecule has 0 unspecified atom stereocenters. The number of halogens is 3. The number of hydrogen-bond acceptors (Lipinski definition) is 3. The second kappa shape index (κ2) is 9.30. The topological polar surface area (TPSA) is 52.6 Å². The second-order valence-electron chi connectivity index (χ2n) is 7.40. The molecule has 1 aliphatic rings. The lowest BCUT2D eigenvalue weighted by atomic mass is 10.1. The van der Waals surface area contributed by atoms with E-state index in [9.17, 15) is 22.8 Å². The molecule has 3 rings (SSSR count). The van der Waals surface area contributed by atoms with Crippen LogP contribution in [0.1, 0.15) is 27.0 Å². The molecule has 1 aliphatic heterocycles. The Morgan fingerprint density at radius 3 is 2.27 bits per heavy atom. The van der Waals surface area contributed by atoms with Gasteiger partial charge < -0.3 is 10.2 Å². The molecule has 160 valence electrons. The summed E-state index contributed by atoms with van der Waals surface area (Å²) in [6, 6.07) is 12.2. The smallest absolute Gasteiger partial charge is 0.343 e. The quantitative estimate of drug-likeness (QED) is 0.811. The van der Waals surface area contributed by atoms with Gasteiger partial charge >= 0.3 is 6.18 Å². The molecule has 0 spiro atoms. The first kappa shape index (κ1) is 21.8. The van der Waals surface area contributed by atoms with E-state index in [1.54, 1.807) is 4.90 Å². The van der Waals surface area contributed by atoms with Gasteiger partial charge in [0.1, 0.15) is 0 Å². The van der Waals surface area contributed by atoms with Crippen molar-refractivity contribution in [3.8, 4) is 0 Å². The fourth-order valence-corrected chi connectivity index (χ4v) is 3.40. The lowest BCUT2D eigenvalue weighted by molar-refractivity contribution is -0.137. The number of aryl methyl sites for hydroxylation is 1. The number of carbonyl (C=O) groups excluding carboxylic acids is 2. The molecule has 8 heteroatoms. The van der Waals surface area contributed by atoms with Gasteiger partial charge in [0.15, 0.2) is 0 Å². The summed E-state index contributed by atoms with van der Waals surface area (Å²) in [5, 5.41) is 2.49. The molecular formula is C22H24F3N3O2. The fourth-order valence-electron chi connectivity index (χ4n) is 3.40. The van der Waals surface area contributed by atoms with Crippen molar-refractivity contribution >= 4 is 11.8 Å². The summed E-state index contributed by atoms with van der Waals surface area (Å²) in [5.41, 5.74) is 1.71. The van der Waals surface area contributed by atoms with Gasteiger partial charge in [0.05, 0.1) is 12.1 Å². The van der Waals surface area contributed by atoms with Crippen LogP contribution < -0.4 is 5.32 Å². The Morgan fingerprint density at radius 1 is 1.00 bits per heavy atom. The third-order valence-electron chi connectivity index (χ3n) is 5.09. The van der Waals surface area contributed by atoms with E-state index in [4.69, 9.17) is 0 Å². The van der Waals surface area contributed by atoms with Crippen LogP contribution in [0.4, 0.5) is 13.2 Å². The largest absolute Gasteiger partial charge is 0.416 e. The van der Waals surface area contributed by atoms with E-state index in [1.165, 1.54) is 11.1 Å². The summed E-state index contributed by atoms with van der Waals surface area (Å²) < 4.78 is 37.8. The molecule has 0 bridgehead atoms. The molecule has 0 atom stereocenters. The Kier molecular flexibility index (Phi) is 6.77. The molecule has 1 saturated heterocycles. The van der Waals surface area contributed by atoms with Crippen LogP contribution in [0.3, 0.4) is 0 Å². The SMILES string of the molecule is Cc1cccc(CN2CCN(C(=O)CNC(=O)c3ccc(C(F)(F)F)cc3)CC2)c1. The van der Waals surface area contributed by atoms with E-state index in [0.717, 1.165) is 43.9 Å². The van der Waals surface area contributed by atoms with E-state index in [1.807, 2.05) is 6.07 Å². The third-order valence-corrected chi connectivity index (χ3v) is 5.09. The summed E-state index contributed by atoms with van der Waals surface area (Å²) in [7, 11) is 0. The first-order valence-electron chi connectivity index (χ1n) is 9.73. The van der Waals surface area contributed by atoms with Crippen molar-refractivity contribution in [1.82, 2.24) is 15.1 Å². The molecule has 1 heterocycles. The van der Waals surface area contributed by atoms with Crippen LogP contribution in [0.15, 0.2) is 48.5 Å². The van der Waals surface area contributed by atoms with Gasteiger partial charge in [-0.1, -0.05) is 29.8 Å². The second-order valence-corrected chi connectivity index (χ2v) is 7.40. The molecule has 2 aromatic carbocycles. The number of carbonyl (C=O) groups is 2. The first-order chi connectivity index (χ1) is 14.2. The van der Waals surface area contributed by atoms with Crippen molar-refractivity contribution in [3.63, 3.8) is 0 Å². The van der Waals surface area contributed by atoms with Crippen LogP contribution in [0, 0.1) is 6.92 Å². The molecule has 5 nitrogen and oxygen atoms in total. The molecule has 2 amide bonds. The van der Waals surface area contributed by atoms with Crippen LogP contribution in [-0.4, -0.2) is 54.3 Å². The van der Waals surface area contributed by atoms with Gasteiger partial charge in [-0.05, 0) is 36.8 Å². The van der Waals surface area contributed by atoms with Gasteiger partial charge in [0, 0.05) is 38.3 Å². The fraction of sp³-hybridized carbons (Fsp3) is 0.364. The molecule has 0 aliphatic carbocycles. The van der Waals surface area contributed by atoms with Gasteiger partial charge in [0.25, 0.3) is 5.91 Å². The van der Waals surface area contributed by atoms with Crippen molar-refractivity contribution < 1.29 is 22.8 Å². The molecule has 1 N–H and O–H groups in total. The Bertz CT molecular complexity index is 889. The molecule has 0 aromatic heterocycles. The van der Waals surface area contributed by atoms with E-state index >= 15 is 0 Å². The summed E-state index contributed by atoms with van der Waals surface area (Å²) in [6.45, 7) is 5.33. The Hall–Kier alpha value is -2.87. The van der Waals surface area contributed by atoms with Crippen LogP contribution in [0.5, 0.6) is 0 Å². The summed E-state index contributed by atoms with van der Waals surface area (Å²) in [4.78, 5) is 28.4. The highest BCUT2D eigenvalue weighted by Gasteiger charge is 2.30. The number of nitrogens with zero attached hydrogens (tertiary/aromatic N) is 2. The van der Waals surface area contributed by atoms with Crippen molar-refractivity contribution in [2.45, 2.75) is 19.6 Å². The number of benzene rings is 2. The molecule has 1 fully saturated rings. The van der Waals surface area contributed by atoms with E-state index in [0.29, 0.717) is 13.1 Å². The molecule has 0 radical (unpaired) electrons. The van der Waals surface area contributed by atoms with E-state index < -0.39 is 17.6 Å². The zero-order chi connectivity index (χ0) is 21.7. The predicted molar refractivity (Wildman–Crippen MR) is 107 cm³/mol. The zero-order valence-corrected chi connectivity index (χ0v) is 16.7. The Morgan fingerprint density at radius 2 is 1.67 bits per heavy atom. The predicted octanol–water partition coefficient (Wildman–Crippen LogP) is 3.09. The lowest BCUT2D eigenvalue weighted by Crippen LogP contribution is -2.50. The van der Waals surface area contributed by atoms with Crippen molar-refractivity contribution in [2.75, 3.05) is 32.7 Å². The van der Waals surface area contributed by atoms with Gasteiger partial charge in [-0.15, -0.1) is 0 Å². The highest BCUT2D eigenvalue weighted by atomic mass is 19.4. The summed E-state index contributed by atoms with van der Waals surface area (Å²) in [6.07, 6.45) is -4.45. The number of alkyl halides is 3. The van der Waals surface area contributed by atoms with Crippen LogP contribution in [0.2, 0.25) is 0 Å². The standard InChI is InChI=1S/C22H24F3N3O2/c1-16-3-2-4-17(13-16)15-27-9-11-28(12-10-27)20(29)14-26-21(30)18-5-7-19(8-6-18)22(23,24)25/h2-8,13H,9-12,14-15H2,1H3,(H,26,30). The number of rotatable bonds is 5. The summed E-state index contributed by atoms with van der Waals surface area (Å²) >= 11 is 0. The number of hydrogen-bond donors (Lipinski definition) is 1. The number of amides is 2.